The highest BCUT2D eigenvalue weighted by atomic mass is 32.2. The van der Waals surface area contributed by atoms with Gasteiger partial charge in [0.1, 0.15) is 9.90 Å². The summed E-state index contributed by atoms with van der Waals surface area (Å²) < 4.78 is 33.4. The third-order valence-electron chi connectivity index (χ3n) is 3.55. The van der Waals surface area contributed by atoms with Gasteiger partial charge >= 0.3 is 0 Å². The van der Waals surface area contributed by atoms with Crippen molar-refractivity contribution in [1.82, 2.24) is 4.98 Å². The molecule has 0 atom stereocenters. The van der Waals surface area contributed by atoms with Crippen LogP contribution in [0.1, 0.15) is 26.3 Å². The molecule has 0 amide bonds. The van der Waals surface area contributed by atoms with E-state index in [1.165, 1.54) is 11.3 Å². The standard InChI is InChI=1S/C18H19N3O3S2/c1-11-5-10-14-15(16(11)26(22,23)24)25-17(19-14)12-6-8-13(9-7-12)20-21-18(2,3)4/h5-10H,1-4H3,(H,22,23,24). The molecule has 6 nitrogen and oxygen atoms in total. The second-order valence-corrected chi connectivity index (χ2v) is 9.33. The Balaban J connectivity index is 2.03. The zero-order valence-corrected chi connectivity index (χ0v) is 16.5. The van der Waals surface area contributed by atoms with Crippen LogP contribution in [-0.2, 0) is 10.1 Å². The van der Waals surface area contributed by atoms with Gasteiger partial charge in [-0.25, -0.2) is 4.98 Å². The molecule has 0 spiro atoms. The van der Waals surface area contributed by atoms with E-state index in [2.05, 4.69) is 15.2 Å². The molecule has 1 heterocycles. The average Bonchev–Trinajstić information content (AvgIpc) is 2.95. The SMILES string of the molecule is Cc1ccc2nc(-c3ccc(N=NC(C)(C)C)cc3)sc2c1S(=O)(=O)O. The first kappa shape index (κ1) is 18.6. The second kappa shape index (κ2) is 6.53. The summed E-state index contributed by atoms with van der Waals surface area (Å²) in [6.07, 6.45) is 0. The number of hydrogen-bond acceptors (Lipinski definition) is 6. The minimum atomic E-state index is -4.31. The van der Waals surface area contributed by atoms with E-state index in [0.717, 1.165) is 11.3 Å². The fourth-order valence-corrected chi connectivity index (χ4v) is 4.71. The number of fused-ring (bicyclic) bond motifs is 1. The molecule has 136 valence electrons. The van der Waals surface area contributed by atoms with Crippen molar-refractivity contribution in [3.8, 4) is 10.6 Å². The van der Waals surface area contributed by atoms with Gasteiger partial charge in [-0.2, -0.15) is 18.6 Å². The van der Waals surface area contributed by atoms with E-state index < -0.39 is 10.1 Å². The fourth-order valence-electron chi connectivity index (χ4n) is 2.39. The van der Waals surface area contributed by atoms with Crippen molar-refractivity contribution in [3.05, 3.63) is 42.0 Å². The van der Waals surface area contributed by atoms with Gasteiger partial charge in [0, 0.05) is 5.56 Å². The Bertz CT molecular complexity index is 1090. The number of azo groups is 1. The summed E-state index contributed by atoms with van der Waals surface area (Å²) in [6.45, 7) is 7.57. The van der Waals surface area contributed by atoms with Crippen LogP contribution in [0, 0.1) is 6.92 Å². The van der Waals surface area contributed by atoms with E-state index >= 15 is 0 Å². The molecule has 3 rings (SSSR count). The van der Waals surface area contributed by atoms with Crippen molar-refractivity contribution < 1.29 is 13.0 Å². The van der Waals surface area contributed by atoms with Gasteiger partial charge in [-0.3, -0.25) is 4.55 Å². The molecular formula is C18H19N3O3S2. The highest BCUT2D eigenvalue weighted by Gasteiger charge is 2.20. The van der Waals surface area contributed by atoms with E-state index in [4.69, 9.17) is 0 Å². The highest BCUT2D eigenvalue weighted by molar-refractivity contribution is 7.86. The van der Waals surface area contributed by atoms with E-state index in [9.17, 15) is 13.0 Å². The van der Waals surface area contributed by atoms with Crippen LogP contribution in [0.25, 0.3) is 20.8 Å². The molecular weight excluding hydrogens is 370 g/mol. The smallest absolute Gasteiger partial charge is 0.282 e. The summed E-state index contributed by atoms with van der Waals surface area (Å²) >= 11 is 1.24. The molecule has 0 radical (unpaired) electrons. The molecule has 0 aliphatic heterocycles. The van der Waals surface area contributed by atoms with Gasteiger partial charge in [-0.05, 0) is 63.6 Å². The first-order chi connectivity index (χ1) is 12.0. The minimum Gasteiger partial charge on any atom is -0.282 e. The molecule has 2 aromatic carbocycles. The number of aryl methyl sites for hydroxylation is 1. The number of rotatable bonds is 3. The summed E-state index contributed by atoms with van der Waals surface area (Å²) in [5, 5.41) is 9.11. The zero-order chi connectivity index (χ0) is 19.1. The first-order valence-corrected chi connectivity index (χ1v) is 10.2. The Morgan fingerprint density at radius 2 is 1.73 bits per heavy atom. The molecule has 0 saturated heterocycles. The van der Waals surface area contributed by atoms with Crippen LogP contribution in [-0.4, -0.2) is 23.5 Å². The average molecular weight is 390 g/mol. The maximum Gasteiger partial charge on any atom is 0.296 e. The molecule has 0 bridgehead atoms. The van der Waals surface area contributed by atoms with E-state index in [1.807, 2.05) is 45.0 Å². The van der Waals surface area contributed by atoms with E-state index in [1.54, 1.807) is 19.1 Å². The van der Waals surface area contributed by atoms with Crippen LogP contribution >= 0.6 is 11.3 Å². The van der Waals surface area contributed by atoms with Crippen LogP contribution in [0.2, 0.25) is 0 Å². The van der Waals surface area contributed by atoms with Gasteiger partial charge < -0.3 is 0 Å². The summed E-state index contributed by atoms with van der Waals surface area (Å²) in [5.41, 5.74) is 2.38. The lowest BCUT2D eigenvalue weighted by Gasteiger charge is -2.08. The normalized spacial score (nSPS) is 13.0. The van der Waals surface area contributed by atoms with Gasteiger partial charge in [0.25, 0.3) is 10.1 Å². The minimum absolute atomic E-state index is 0.0747. The predicted octanol–water partition coefficient (Wildman–Crippen LogP) is 5.40. The Hall–Kier alpha value is -2.16. The summed E-state index contributed by atoms with van der Waals surface area (Å²) in [5.74, 6) is 0. The fraction of sp³-hybridized carbons (Fsp3) is 0.278. The van der Waals surface area contributed by atoms with Crippen LogP contribution in [0.15, 0.2) is 51.5 Å². The van der Waals surface area contributed by atoms with E-state index in [0.29, 0.717) is 20.8 Å². The van der Waals surface area contributed by atoms with Crippen molar-refractivity contribution in [2.75, 3.05) is 0 Å². The van der Waals surface area contributed by atoms with Gasteiger partial charge in [0.2, 0.25) is 0 Å². The second-order valence-electron chi connectivity index (χ2n) is 6.97. The lowest BCUT2D eigenvalue weighted by atomic mass is 10.1. The molecule has 0 saturated carbocycles. The molecule has 0 unspecified atom stereocenters. The van der Waals surface area contributed by atoms with Crippen LogP contribution < -0.4 is 0 Å². The summed E-state index contributed by atoms with van der Waals surface area (Å²) in [7, 11) is -4.31. The highest BCUT2D eigenvalue weighted by Crippen LogP contribution is 2.36. The molecule has 3 aromatic rings. The van der Waals surface area contributed by atoms with Crippen LogP contribution in [0.4, 0.5) is 5.69 Å². The Morgan fingerprint density at radius 3 is 2.31 bits per heavy atom. The topological polar surface area (TPSA) is 92.0 Å². The molecule has 1 N–H and O–H groups in total. The lowest BCUT2D eigenvalue weighted by Crippen LogP contribution is -2.07. The van der Waals surface area contributed by atoms with Gasteiger partial charge in [-0.1, -0.05) is 6.07 Å². The Kier molecular flexibility index (Phi) is 4.68. The van der Waals surface area contributed by atoms with Crippen LogP contribution in [0.3, 0.4) is 0 Å². The summed E-state index contributed by atoms with van der Waals surface area (Å²) in [4.78, 5) is 4.43. The molecule has 8 heteroatoms. The van der Waals surface area contributed by atoms with Gasteiger partial charge in [0.05, 0.1) is 21.4 Å². The van der Waals surface area contributed by atoms with E-state index in [-0.39, 0.29) is 10.4 Å². The largest absolute Gasteiger partial charge is 0.296 e. The number of aromatic nitrogens is 1. The number of hydrogen-bond donors (Lipinski definition) is 1. The third-order valence-corrected chi connectivity index (χ3v) is 5.86. The van der Waals surface area contributed by atoms with Crippen molar-refractivity contribution in [1.29, 1.82) is 0 Å². The first-order valence-electron chi connectivity index (χ1n) is 7.95. The molecule has 26 heavy (non-hydrogen) atoms. The maximum absolute atomic E-state index is 11.7. The van der Waals surface area contributed by atoms with Crippen LogP contribution in [0.5, 0.6) is 0 Å². The third kappa shape index (κ3) is 3.98. The van der Waals surface area contributed by atoms with Crippen molar-refractivity contribution in [3.63, 3.8) is 0 Å². The van der Waals surface area contributed by atoms with Gasteiger partial charge in [-0.15, -0.1) is 11.3 Å². The maximum atomic E-state index is 11.7. The number of thiazole rings is 1. The van der Waals surface area contributed by atoms with Gasteiger partial charge in [0.15, 0.2) is 0 Å². The quantitative estimate of drug-likeness (QED) is 0.479. The Labute approximate surface area is 156 Å². The predicted molar refractivity (Wildman–Crippen MR) is 104 cm³/mol. The molecule has 0 aliphatic rings. The number of benzene rings is 2. The Morgan fingerprint density at radius 1 is 1.08 bits per heavy atom. The molecule has 1 aromatic heterocycles. The molecule has 0 aliphatic carbocycles. The number of nitrogens with zero attached hydrogens (tertiary/aromatic N) is 3. The van der Waals surface area contributed by atoms with Crippen molar-refractivity contribution in [2.24, 2.45) is 10.2 Å². The monoisotopic (exact) mass is 389 g/mol. The summed E-state index contributed by atoms with van der Waals surface area (Å²) in [6, 6.07) is 10.8. The molecule has 0 fully saturated rings. The van der Waals surface area contributed by atoms with Crippen molar-refractivity contribution >= 4 is 37.4 Å². The lowest BCUT2D eigenvalue weighted by molar-refractivity contribution is 0.483. The van der Waals surface area contributed by atoms with Crippen molar-refractivity contribution in [2.45, 2.75) is 38.1 Å². The zero-order valence-electron chi connectivity index (χ0n) is 14.9.